The Morgan fingerprint density at radius 1 is 1.39 bits per heavy atom. The second kappa shape index (κ2) is 8.14. The summed E-state index contributed by atoms with van der Waals surface area (Å²) < 4.78 is 1.71. The molecule has 1 aromatic rings. The molecule has 1 heterocycles. The molecule has 0 fully saturated rings. The van der Waals surface area contributed by atoms with Crippen LogP contribution in [0.1, 0.15) is 33.1 Å². The van der Waals surface area contributed by atoms with Crippen LogP contribution in [0.2, 0.25) is 0 Å². The summed E-state index contributed by atoms with van der Waals surface area (Å²) in [6.07, 6.45) is 6.51. The van der Waals surface area contributed by atoms with Gasteiger partial charge in [-0.25, -0.2) is 4.98 Å². The van der Waals surface area contributed by atoms with Gasteiger partial charge < -0.3 is 9.88 Å². The van der Waals surface area contributed by atoms with Crippen LogP contribution in [0.15, 0.2) is 17.2 Å². The molecule has 0 bridgehead atoms. The van der Waals surface area contributed by atoms with Crippen molar-refractivity contribution in [2.24, 2.45) is 5.92 Å². The van der Waals surface area contributed by atoms with E-state index in [0.717, 1.165) is 32.4 Å². The van der Waals surface area contributed by atoms with Crippen LogP contribution in [-0.2, 0) is 6.54 Å². The highest BCUT2D eigenvalue weighted by Crippen LogP contribution is 2.01. The van der Waals surface area contributed by atoms with Crippen molar-refractivity contribution >= 4 is 17.4 Å². The third-order valence-corrected chi connectivity index (χ3v) is 2.85. The maximum absolute atomic E-state index is 12.0. The molecule has 0 saturated heterocycles. The Hall–Kier alpha value is -1.03. The molecule has 18 heavy (non-hydrogen) atoms. The van der Waals surface area contributed by atoms with Crippen molar-refractivity contribution in [3.8, 4) is 0 Å². The maximum atomic E-state index is 12.0. The van der Waals surface area contributed by atoms with Gasteiger partial charge in [0.25, 0.3) is 5.56 Å². The maximum Gasteiger partial charge on any atom is 0.293 e. The van der Waals surface area contributed by atoms with Gasteiger partial charge in [-0.05, 0) is 18.8 Å². The zero-order chi connectivity index (χ0) is 13.4. The Kier molecular flexibility index (Phi) is 6.80. The van der Waals surface area contributed by atoms with Crippen molar-refractivity contribution in [2.45, 2.75) is 39.7 Å². The molecule has 0 unspecified atom stereocenters. The van der Waals surface area contributed by atoms with Crippen LogP contribution in [0, 0.1) is 5.92 Å². The summed E-state index contributed by atoms with van der Waals surface area (Å²) in [6, 6.07) is 0. The monoisotopic (exact) mass is 271 g/mol. The smallest absolute Gasteiger partial charge is 0.293 e. The molecular weight excluding hydrogens is 250 g/mol. The zero-order valence-corrected chi connectivity index (χ0v) is 11.9. The number of nitrogens with zero attached hydrogens (tertiary/aromatic N) is 2. The highest BCUT2D eigenvalue weighted by molar-refractivity contribution is 6.17. The average Bonchev–Trinajstić information content (AvgIpc) is 2.33. The molecule has 0 aliphatic rings. The van der Waals surface area contributed by atoms with Gasteiger partial charge in [0, 0.05) is 31.4 Å². The second-order valence-corrected chi connectivity index (χ2v) is 5.18. The Morgan fingerprint density at radius 2 is 2.17 bits per heavy atom. The number of rotatable bonds is 8. The zero-order valence-electron chi connectivity index (χ0n) is 11.2. The van der Waals surface area contributed by atoms with Crippen LogP contribution in [0.4, 0.5) is 5.82 Å². The molecule has 0 radical (unpaired) electrons. The Labute approximate surface area is 113 Å². The highest BCUT2D eigenvalue weighted by Gasteiger charge is 2.05. The van der Waals surface area contributed by atoms with Gasteiger partial charge in [0.2, 0.25) is 0 Å². The number of nitrogens with one attached hydrogen (secondary N) is 1. The van der Waals surface area contributed by atoms with E-state index in [-0.39, 0.29) is 5.56 Å². The van der Waals surface area contributed by atoms with E-state index in [1.807, 2.05) is 0 Å². The molecule has 0 aliphatic heterocycles. The van der Waals surface area contributed by atoms with Gasteiger partial charge in [0.15, 0.2) is 5.82 Å². The molecule has 4 nitrogen and oxygen atoms in total. The molecule has 0 aromatic carbocycles. The minimum Gasteiger partial charge on any atom is -0.365 e. The van der Waals surface area contributed by atoms with Gasteiger partial charge >= 0.3 is 0 Å². The third kappa shape index (κ3) is 5.08. The van der Waals surface area contributed by atoms with Crippen LogP contribution in [-0.4, -0.2) is 22.0 Å². The standard InChI is InChI=1S/C13H22ClN3O/c1-11(2)10-17-9-8-16-12(13(17)18)15-7-5-3-4-6-14/h8-9,11H,3-7,10H2,1-2H3,(H,15,16). The van der Waals surface area contributed by atoms with Gasteiger partial charge in [-0.3, -0.25) is 4.79 Å². The quantitative estimate of drug-likeness (QED) is 0.584. The predicted octanol–water partition coefficient (Wildman–Crippen LogP) is 2.72. The second-order valence-electron chi connectivity index (χ2n) is 4.80. The number of alkyl halides is 1. The van der Waals surface area contributed by atoms with Crippen molar-refractivity contribution in [3.63, 3.8) is 0 Å². The Morgan fingerprint density at radius 3 is 2.83 bits per heavy atom. The van der Waals surface area contributed by atoms with E-state index in [1.54, 1.807) is 17.0 Å². The first-order valence-electron chi connectivity index (χ1n) is 6.50. The van der Waals surface area contributed by atoms with E-state index >= 15 is 0 Å². The summed E-state index contributed by atoms with van der Waals surface area (Å²) in [5.74, 6) is 1.59. The number of anilines is 1. The first kappa shape index (κ1) is 15.0. The number of halogens is 1. The lowest BCUT2D eigenvalue weighted by Crippen LogP contribution is -2.26. The molecule has 0 atom stereocenters. The van der Waals surface area contributed by atoms with Crippen LogP contribution < -0.4 is 10.9 Å². The number of unbranched alkanes of at least 4 members (excludes halogenated alkanes) is 2. The summed E-state index contributed by atoms with van der Waals surface area (Å²) in [5, 5.41) is 3.10. The fourth-order valence-corrected chi connectivity index (χ4v) is 1.90. The summed E-state index contributed by atoms with van der Waals surface area (Å²) in [4.78, 5) is 16.1. The van der Waals surface area contributed by atoms with Crippen molar-refractivity contribution in [1.82, 2.24) is 9.55 Å². The molecule has 0 spiro atoms. The summed E-state index contributed by atoms with van der Waals surface area (Å²) in [6.45, 7) is 5.67. The molecule has 5 heteroatoms. The normalized spacial score (nSPS) is 10.9. The van der Waals surface area contributed by atoms with Gasteiger partial charge in [0.1, 0.15) is 0 Å². The lowest BCUT2D eigenvalue weighted by Gasteiger charge is -2.10. The van der Waals surface area contributed by atoms with Gasteiger partial charge in [0.05, 0.1) is 0 Å². The van der Waals surface area contributed by atoms with Crippen LogP contribution in [0.5, 0.6) is 0 Å². The van der Waals surface area contributed by atoms with E-state index in [2.05, 4.69) is 24.1 Å². The van der Waals surface area contributed by atoms with Crippen LogP contribution in [0.25, 0.3) is 0 Å². The van der Waals surface area contributed by atoms with Gasteiger partial charge in [-0.1, -0.05) is 20.3 Å². The van der Waals surface area contributed by atoms with Crippen LogP contribution >= 0.6 is 11.6 Å². The molecule has 0 saturated carbocycles. The number of hydrogen-bond donors (Lipinski definition) is 1. The summed E-state index contributed by atoms with van der Waals surface area (Å²) in [7, 11) is 0. The number of aromatic nitrogens is 2. The van der Waals surface area contributed by atoms with E-state index < -0.39 is 0 Å². The molecular formula is C13H22ClN3O. The van der Waals surface area contributed by atoms with Crippen molar-refractivity contribution < 1.29 is 0 Å². The van der Waals surface area contributed by atoms with Crippen molar-refractivity contribution in [2.75, 3.05) is 17.7 Å². The van der Waals surface area contributed by atoms with Gasteiger partial charge in [-0.15, -0.1) is 11.6 Å². The lowest BCUT2D eigenvalue weighted by atomic mass is 10.2. The largest absolute Gasteiger partial charge is 0.365 e. The SMILES string of the molecule is CC(C)Cn1ccnc(NCCCCCCl)c1=O. The lowest BCUT2D eigenvalue weighted by molar-refractivity contribution is 0.509. The first-order chi connectivity index (χ1) is 8.65. The van der Waals surface area contributed by atoms with E-state index in [1.165, 1.54) is 0 Å². The molecule has 1 rings (SSSR count). The minimum atomic E-state index is -0.0384. The minimum absolute atomic E-state index is 0.0384. The van der Waals surface area contributed by atoms with Crippen molar-refractivity contribution in [3.05, 3.63) is 22.7 Å². The molecule has 0 aliphatic carbocycles. The predicted molar refractivity (Wildman–Crippen MR) is 76.4 cm³/mol. The van der Waals surface area contributed by atoms with Gasteiger partial charge in [-0.2, -0.15) is 0 Å². The fourth-order valence-electron chi connectivity index (χ4n) is 1.71. The fraction of sp³-hybridized carbons (Fsp3) is 0.692. The summed E-state index contributed by atoms with van der Waals surface area (Å²) >= 11 is 5.61. The van der Waals surface area contributed by atoms with Crippen molar-refractivity contribution in [1.29, 1.82) is 0 Å². The molecule has 1 N–H and O–H groups in total. The first-order valence-corrected chi connectivity index (χ1v) is 7.04. The molecule has 0 amide bonds. The third-order valence-electron chi connectivity index (χ3n) is 2.58. The van der Waals surface area contributed by atoms with E-state index in [9.17, 15) is 4.79 Å². The van der Waals surface area contributed by atoms with E-state index in [4.69, 9.17) is 11.6 Å². The van der Waals surface area contributed by atoms with Crippen LogP contribution in [0.3, 0.4) is 0 Å². The molecule has 102 valence electrons. The Bertz CT molecular complexity index is 403. The molecule has 1 aromatic heterocycles. The highest BCUT2D eigenvalue weighted by atomic mass is 35.5. The van der Waals surface area contributed by atoms with E-state index in [0.29, 0.717) is 17.6 Å². The Balaban J connectivity index is 2.53. The number of hydrogen-bond acceptors (Lipinski definition) is 3. The topological polar surface area (TPSA) is 46.9 Å². The summed E-state index contributed by atoms with van der Waals surface area (Å²) in [5.41, 5.74) is -0.0384. The average molecular weight is 272 g/mol.